The molecule has 1 heterocycles. The van der Waals surface area contributed by atoms with Gasteiger partial charge in [0.2, 0.25) is 5.55 Å². The second kappa shape index (κ2) is 5.57. The van der Waals surface area contributed by atoms with Crippen LogP contribution in [0.25, 0.3) is 11.0 Å². The zero-order chi connectivity index (χ0) is 16.6. The molecule has 116 valence electrons. The highest BCUT2D eigenvalue weighted by molar-refractivity contribution is 5.95. The summed E-state index contributed by atoms with van der Waals surface area (Å²) in [5, 5.41) is 10.1. The molecule has 0 aliphatic rings. The summed E-state index contributed by atoms with van der Waals surface area (Å²) in [6, 6.07) is 10.1. The first kappa shape index (κ1) is 14.8. The van der Waals surface area contributed by atoms with E-state index in [9.17, 15) is 14.3 Å². The van der Waals surface area contributed by atoms with Crippen molar-refractivity contribution in [3.63, 3.8) is 0 Å². The highest BCUT2D eigenvalue weighted by Crippen LogP contribution is 2.21. The zero-order valence-corrected chi connectivity index (χ0v) is 12.2. The Bertz CT molecular complexity index is 993. The molecule has 1 amide bonds. The van der Waals surface area contributed by atoms with Gasteiger partial charge in [0.25, 0.3) is 5.91 Å². The number of halogens is 1. The van der Waals surface area contributed by atoms with Gasteiger partial charge in [-0.05, 0) is 42.8 Å². The number of benzene rings is 2. The summed E-state index contributed by atoms with van der Waals surface area (Å²) in [6.07, 6.45) is 0. The van der Waals surface area contributed by atoms with Crippen LogP contribution in [0, 0.1) is 12.7 Å². The van der Waals surface area contributed by atoms with Crippen LogP contribution in [0.1, 0.15) is 15.9 Å². The molecule has 2 aromatic carbocycles. The van der Waals surface area contributed by atoms with E-state index in [0.29, 0.717) is 22.2 Å². The Labute approximate surface area is 130 Å². The molecule has 0 saturated heterocycles. The van der Waals surface area contributed by atoms with Gasteiger partial charge in [0.1, 0.15) is 22.7 Å². The summed E-state index contributed by atoms with van der Waals surface area (Å²) in [7, 11) is 0. The van der Waals surface area contributed by atoms with Crippen molar-refractivity contribution in [1.29, 1.82) is 0 Å². The van der Waals surface area contributed by atoms with Crippen molar-refractivity contribution in [3.8, 4) is 5.75 Å². The highest BCUT2D eigenvalue weighted by Gasteiger charge is 2.10. The van der Waals surface area contributed by atoms with Crippen LogP contribution in [-0.4, -0.2) is 11.0 Å². The minimum Gasteiger partial charge on any atom is -0.508 e. The van der Waals surface area contributed by atoms with Crippen molar-refractivity contribution < 1.29 is 18.7 Å². The highest BCUT2D eigenvalue weighted by atomic mass is 19.1. The molecule has 0 aliphatic carbocycles. The molecule has 5 nitrogen and oxygen atoms in total. The van der Waals surface area contributed by atoms with Gasteiger partial charge >= 0.3 is 0 Å². The summed E-state index contributed by atoms with van der Waals surface area (Å²) in [5.74, 6) is -1.15. The van der Waals surface area contributed by atoms with E-state index in [1.165, 1.54) is 30.3 Å². The number of amides is 1. The summed E-state index contributed by atoms with van der Waals surface area (Å²) in [5.41, 5.74) is 6.79. The van der Waals surface area contributed by atoms with E-state index in [0.717, 1.165) is 0 Å². The molecule has 0 spiro atoms. The number of aryl methyl sites for hydroxylation is 1. The SMILES string of the molecule is Cc1ccc(F)cc1N=c1oc2cc(O)ccc2cc1C(N)=O. The van der Waals surface area contributed by atoms with E-state index in [2.05, 4.69) is 4.99 Å². The van der Waals surface area contributed by atoms with Gasteiger partial charge in [-0.1, -0.05) is 6.07 Å². The topological polar surface area (TPSA) is 88.8 Å². The molecule has 23 heavy (non-hydrogen) atoms. The van der Waals surface area contributed by atoms with Crippen LogP contribution in [0.5, 0.6) is 5.75 Å². The molecule has 3 rings (SSSR count). The van der Waals surface area contributed by atoms with E-state index < -0.39 is 11.7 Å². The van der Waals surface area contributed by atoms with Gasteiger partial charge < -0.3 is 15.3 Å². The number of rotatable bonds is 2. The van der Waals surface area contributed by atoms with Gasteiger partial charge in [0, 0.05) is 11.5 Å². The first-order valence-corrected chi connectivity index (χ1v) is 6.81. The van der Waals surface area contributed by atoms with Gasteiger partial charge in [0.05, 0.1) is 5.69 Å². The van der Waals surface area contributed by atoms with E-state index >= 15 is 0 Å². The lowest BCUT2D eigenvalue weighted by Gasteiger charge is -2.04. The number of hydrogen-bond donors (Lipinski definition) is 2. The monoisotopic (exact) mass is 312 g/mol. The molecule has 3 aromatic rings. The lowest BCUT2D eigenvalue weighted by Crippen LogP contribution is -2.21. The number of primary amides is 1. The number of aromatic hydroxyl groups is 1. The molecular weight excluding hydrogens is 299 g/mol. The predicted octanol–water partition coefficient (Wildman–Crippen LogP) is 2.92. The number of carbonyl (C=O) groups is 1. The van der Waals surface area contributed by atoms with E-state index in [-0.39, 0.29) is 16.9 Å². The molecular formula is C17H13FN2O3. The number of nitrogens with zero attached hydrogens (tertiary/aromatic N) is 1. The Kier molecular flexibility index (Phi) is 3.57. The molecule has 0 atom stereocenters. The van der Waals surface area contributed by atoms with Crippen LogP contribution in [-0.2, 0) is 0 Å². The lowest BCUT2D eigenvalue weighted by atomic mass is 10.1. The smallest absolute Gasteiger partial charge is 0.254 e. The van der Waals surface area contributed by atoms with Crippen LogP contribution in [0.3, 0.4) is 0 Å². The van der Waals surface area contributed by atoms with Crippen molar-refractivity contribution >= 4 is 22.6 Å². The van der Waals surface area contributed by atoms with Crippen LogP contribution in [0.15, 0.2) is 51.9 Å². The lowest BCUT2D eigenvalue weighted by molar-refractivity contribution is 0.0996. The van der Waals surface area contributed by atoms with Crippen LogP contribution >= 0.6 is 0 Å². The summed E-state index contributed by atoms with van der Waals surface area (Å²) in [6.45, 7) is 1.76. The number of fused-ring (bicyclic) bond motifs is 1. The fourth-order valence-corrected chi connectivity index (χ4v) is 2.18. The second-order valence-corrected chi connectivity index (χ2v) is 5.09. The molecule has 0 radical (unpaired) electrons. The maximum Gasteiger partial charge on any atom is 0.254 e. The molecule has 0 saturated carbocycles. The van der Waals surface area contributed by atoms with Crippen molar-refractivity contribution in [2.24, 2.45) is 10.7 Å². The van der Waals surface area contributed by atoms with Gasteiger partial charge in [-0.25, -0.2) is 9.38 Å². The van der Waals surface area contributed by atoms with Crippen LogP contribution in [0.4, 0.5) is 10.1 Å². The largest absolute Gasteiger partial charge is 0.508 e. The van der Waals surface area contributed by atoms with Crippen molar-refractivity contribution in [2.45, 2.75) is 6.92 Å². The zero-order valence-electron chi connectivity index (χ0n) is 12.2. The third-order valence-electron chi connectivity index (χ3n) is 3.39. The van der Waals surface area contributed by atoms with E-state index in [1.807, 2.05) is 0 Å². The molecule has 1 aromatic heterocycles. The van der Waals surface area contributed by atoms with Crippen molar-refractivity contribution in [1.82, 2.24) is 0 Å². The fourth-order valence-electron chi connectivity index (χ4n) is 2.18. The van der Waals surface area contributed by atoms with Gasteiger partial charge in [-0.2, -0.15) is 0 Å². The molecule has 6 heteroatoms. The Morgan fingerprint density at radius 3 is 2.74 bits per heavy atom. The molecule has 3 N–H and O–H groups in total. The quantitative estimate of drug-likeness (QED) is 0.762. The third kappa shape index (κ3) is 2.91. The van der Waals surface area contributed by atoms with E-state index in [1.54, 1.807) is 19.1 Å². The summed E-state index contributed by atoms with van der Waals surface area (Å²) >= 11 is 0. The van der Waals surface area contributed by atoms with Crippen LogP contribution < -0.4 is 11.3 Å². The van der Waals surface area contributed by atoms with Gasteiger partial charge in [0.15, 0.2) is 0 Å². The fraction of sp³-hybridized carbons (Fsp3) is 0.0588. The number of phenolic OH excluding ortho intramolecular Hbond substituents is 1. The summed E-state index contributed by atoms with van der Waals surface area (Å²) in [4.78, 5) is 15.9. The molecule has 0 bridgehead atoms. The normalized spacial score (nSPS) is 11.8. The third-order valence-corrected chi connectivity index (χ3v) is 3.39. The van der Waals surface area contributed by atoms with Crippen molar-refractivity contribution in [3.05, 3.63) is 65.0 Å². The second-order valence-electron chi connectivity index (χ2n) is 5.09. The minimum atomic E-state index is -0.712. The predicted molar refractivity (Wildman–Crippen MR) is 82.8 cm³/mol. The molecule has 0 aliphatic heterocycles. The summed E-state index contributed by atoms with van der Waals surface area (Å²) < 4.78 is 19.0. The average Bonchev–Trinajstić information content (AvgIpc) is 2.50. The Morgan fingerprint density at radius 2 is 2.00 bits per heavy atom. The average molecular weight is 312 g/mol. The molecule has 0 unspecified atom stereocenters. The Hall–Kier alpha value is -3.15. The van der Waals surface area contributed by atoms with Gasteiger partial charge in [-0.3, -0.25) is 4.79 Å². The number of nitrogens with two attached hydrogens (primary N) is 1. The first-order valence-electron chi connectivity index (χ1n) is 6.81. The first-order chi connectivity index (χ1) is 10.9. The standard InChI is InChI=1S/C17H13FN2O3/c1-9-2-4-11(18)7-14(9)20-17-13(16(19)22)6-10-3-5-12(21)8-15(10)23-17/h2-8,21H,1H3,(H2,19,22). The van der Waals surface area contributed by atoms with Gasteiger partial charge in [-0.15, -0.1) is 0 Å². The maximum absolute atomic E-state index is 13.4. The van der Waals surface area contributed by atoms with Crippen molar-refractivity contribution in [2.75, 3.05) is 0 Å². The number of carbonyl (C=O) groups excluding carboxylic acids is 1. The Balaban J connectivity index is 2.33. The number of hydrogen-bond acceptors (Lipinski definition) is 4. The minimum absolute atomic E-state index is 0.0148. The van der Waals surface area contributed by atoms with E-state index in [4.69, 9.17) is 10.2 Å². The number of phenols is 1. The maximum atomic E-state index is 13.4. The Morgan fingerprint density at radius 1 is 1.22 bits per heavy atom. The molecule has 0 fully saturated rings. The van der Waals surface area contributed by atoms with Crippen LogP contribution in [0.2, 0.25) is 0 Å².